The van der Waals surface area contributed by atoms with Gasteiger partial charge in [-0.3, -0.25) is 0 Å². The van der Waals surface area contributed by atoms with Crippen molar-refractivity contribution in [1.82, 2.24) is 9.97 Å². The second-order valence-electron chi connectivity index (χ2n) is 12.5. The van der Waals surface area contributed by atoms with E-state index in [1.807, 2.05) is 48.5 Å². The van der Waals surface area contributed by atoms with Gasteiger partial charge >= 0.3 is 0 Å². The molecule has 0 aliphatic heterocycles. The van der Waals surface area contributed by atoms with E-state index in [0.717, 1.165) is 33.6 Å². The molecule has 2 heterocycles. The summed E-state index contributed by atoms with van der Waals surface area (Å²) in [6, 6.07) is 46.7. The van der Waals surface area contributed by atoms with Crippen molar-refractivity contribution >= 4 is 13.3 Å². The zero-order valence-electron chi connectivity index (χ0n) is 27.7. The molecule has 0 fully saturated rings. The van der Waals surface area contributed by atoms with Crippen molar-refractivity contribution in [2.75, 3.05) is 0 Å². The second kappa shape index (κ2) is 16.2. The summed E-state index contributed by atoms with van der Waals surface area (Å²) >= 11 is 0. The Morgan fingerprint density at radius 3 is 1.90 bits per heavy atom. The van der Waals surface area contributed by atoms with Gasteiger partial charge in [-0.2, -0.15) is 5.26 Å². The Kier molecular flexibility index (Phi) is 12.1. The van der Waals surface area contributed by atoms with Gasteiger partial charge in [0.2, 0.25) is 0 Å². The Hall–Kier alpha value is -4.97. The van der Waals surface area contributed by atoms with E-state index in [4.69, 9.17) is 15.5 Å². The molecule has 0 saturated heterocycles. The van der Waals surface area contributed by atoms with Gasteiger partial charge in [0.1, 0.15) is 0 Å². The molecular weight excluding hydrogens is 781 g/mol. The fourth-order valence-corrected chi connectivity index (χ4v) is 6.75. The summed E-state index contributed by atoms with van der Waals surface area (Å²) in [4.78, 5) is 9.15. The Morgan fingerprint density at radius 1 is 0.688 bits per heavy atom. The SMILES string of the molecule is CC(c1ccc(C#N)cc1)c1ccnc(-c2[c-]cc(C#N)cc2)c1.Cc1c[c-]c(-c2cc(-c3ccccc3)c([Si](C)(C)C)cn2)cc1.[Ir]. The third-order valence-electron chi connectivity index (χ3n) is 8.08. The predicted octanol–water partition coefficient (Wildman–Crippen LogP) is 9.51. The molecule has 1 atom stereocenters. The first-order chi connectivity index (χ1) is 22.7. The number of benzene rings is 4. The number of hydrogen-bond donors (Lipinski definition) is 0. The van der Waals surface area contributed by atoms with Crippen molar-refractivity contribution in [3.05, 3.63) is 162 Å². The van der Waals surface area contributed by atoms with Gasteiger partial charge in [-0.05, 0) is 62.6 Å². The summed E-state index contributed by atoms with van der Waals surface area (Å²) in [6.45, 7) is 11.3. The van der Waals surface area contributed by atoms with Crippen molar-refractivity contribution in [3.8, 4) is 45.8 Å². The van der Waals surface area contributed by atoms with Gasteiger partial charge in [0.05, 0.1) is 19.7 Å². The van der Waals surface area contributed by atoms with Crippen LogP contribution in [0.3, 0.4) is 0 Å². The normalized spacial score (nSPS) is 11.1. The zero-order chi connectivity index (χ0) is 33.4. The monoisotopic (exact) mass is 817 g/mol. The van der Waals surface area contributed by atoms with Crippen LogP contribution < -0.4 is 5.19 Å². The molecule has 4 nitrogen and oxygen atoms in total. The molecule has 0 aliphatic carbocycles. The molecule has 6 heteroatoms. The minimum absolute atomic E-state index is 0. The Morgan fingerprint density at radius 2 is 1.31 bits per heavy atom. The first kappa shape index (κ1) is 35.9. The maximum atomic E-state index is 8.90. The van der Waals surface area contributed by atoms with Crippen LogP contribution in [0.4, 0.5) is 0 Å². The van der Waals surface area contributed by atoms with Crippen LogP contribution in [0.15, 0.2) is 122 Å². The smallest absolute Gasteiger partial charge is 0.0991 e. The van der Waals surface area contributed by atoms with E-state index in [0.29, 0.717) is 11.1 Å². The van der Waals surface area contributed by atoms with E-state index in [2.05, 4.69) is 117 Å². The minimum atomic E-state index is -1.47. The van der Waals surface area contributed by atoms with Crippen LogP contribution in [0.1, 0.15) is 40.7 Å². The van der Waals surface area contributed by atoms with Crippen molar-refractivity contribution in [1.29, 1.82) is 10.5 Å². The average molecular weight is 817 g/mol. The van der Waals surface area contributed by atoms with E-state index in [9.17, 15) is 0 Å². The standard InChI is InChI=1S/C21H14N3.C21H22NSi.Ir/c1-15(18-6-2-16(13-22)3-7-18)20-10-11-24-21(12-20)19-8-4-17(14-23)5-9-19;1-16-10-12-18(13-11-16)20-14-19(17-8-6-5-7-9-17)21(15-22-20)23(2,3)4;/h2-8,10-12,15H,1H3;5-12,14-15H,1-4H3;/q2*-1;. The minimum Gasteiger partial charge on any atom is -0.305 e. The molecule has 6 rings (SSSR count). The number of aromatic nitrogens is 2. The van der Waals surface area contributed by atoms with Crippen molar-refractivity contribution in [3.63, 3.8) is 0 Å². The van der Waals surface area contributed by atoms with Crippen molar-refractivity contribution < 1.29 is 20.1 Å². The van der Waals surface area contributed by atoms with Crippen LogP contribution in [0.2, 0.25) is 19.6 Å². The molecule has 4 aromatic carbocycles. The first-order valence-corrected chi connectivity index (χ1v) is 19.1. The quantitative estimate of drug-likeness (QED) is 0.124. The van der Waals surface area contributed by atoms with Crippen LogP contribution in [0.25, 0.3) is 33.6 Å². The summed E-state index contributed by atoms with van der Waals surface area (Å²) in [7, 11) is -1.47. The van der Waals surface area contributed by atoms with E-state index in [1.54, 1.807) is 18.3 Å². The molecule has 0 amide bonds. The summed E-state index contributed by atoms with van der Waals surface area (Å²) in [5.41, 5.74) is 11.1. The molecule has 48 heavy (non-hydrogen) atoms. The maximum absolute atomic E-state index is 8.90. The number of aryl methyl sites for hydroxylation is 1. The van der Waals surface area contributed by atoms with Gasteiger partial charge in [-0.25, -0.2) is 5.26 Å². The summed E-state index contributed by atoms with van der Waals surface area (Å²) in [5.74, 6) is 0.192. The van der Waals surface area contributed by atoms with Crippen LogP contribution >= 0.6 is 0 Å². The number of hydrogen-bond acceptors (Lipinski definition) is 4. The van der Waals surface area contributed by atoms with Crippen LogP contribution in [-0.4, -0.2) is 18.0 Å². The third kappa shape index (κ3) is 8.88. The van der Waals surface area contributed by atoms with Gasteiger partial charge in [0, 0.05) is 44.5 Å². The number of nitrogens with zero attached hydrogens (tertiary/aromatic N) is 4. The Bertz CT molecular complexity index is 2040. The largest absolute Gasteiger partial charge is 0.305 e. The fraction of sp³-hybridized carbons (Fsp3) is 0.143. The van der Waals surface area contributed by atoms with Crippen LogP contribution in [-0.2, 0) is 20.1 Å². The van der Waals surface area contributed by atoms with Gasteiger partial charge in [0.15, 0.2) is 0 Å². The second-order valence-corrected chi connectivity index (χ2v) is 17.6. The first-order valence-electron chi connectivity index (χ1n) is 15.6. The summed E-state index contributed by atoms with van der Waals surface area (Å²) in [6.07, 6.45) is 3.87. The Labute approximate surface area is 299 Å². The topological polar surface area (TPSA) is 73.4 Å². The Balaban J connectivity index is 0.000000212. The molecule has 1 radical (unpaired) electrons. The molecule has 6 aromatic rings. The molecule has 2 aromatic heterocycles. The molecular formula is C42H36IrN4Si-2. The van der Waals surface area contributed by atoms with Crippen LogP contribution in [0.5, 0.6) is 0 Å². The molecule has 239 valence electrons. The van der Waals surface area contributed by atoms with Gasteiger partial charge in [-0.15, -0.1) is 65.2 Å². The molecule has 0 saturated carbocycles. The zero-order valence-corrected chi connectivity index (χ0v) is 31.1. The fourth-order valence-electron chi connectivity index (χ4n) is 5.27. The van der Waals surface area contributed by atoms with Gasteiger partial charge in [-0.1, -0.05) is 88.1 Å². The molecule has 0 bridgehead atoms. The van der Waals surface area contributed by atoms with E-state index >= 15 is 0 Å². The van der Waals surface area contributed by atoms with E-state index in [1.165, 1.54) is 21.9 Å². The molecule has 0 spiro atoms. The summed E-state index contributed by atoms with van der Waals surface area (Å²) in [5, 5.41) is 19.2. The molecule has 1 unspecified atom stereocenters. The van der Waals surface area contributed by atoms with Crippen LogP contribution in [0, 0.1) is 41.7 Å². The number of pyridine rings is 2. The maximum Gasteiger partial charge on any atom is 0.0991 e. The summed E-state index contributed by atoms with van der Waals surface area (Å²) < 4.78 is 0. The third-order valence-corrected chi connectivity index (χ3v) is 10.1. The predicted molar refractivity (Wildman–Crippen MR) is 194 cm³/mol. The van der Waals surface area contributed by atoms with E-state index in [-0.39, 0.29) is 26.0 Å². The van der Waals surface area contributed by atoms with Gasteiger partial charge in [0.25, 0.3) is 0 Å². The van der Waals surface area contributed by atoms with Crippen molar-refractivity contribution in [2.24, 2.45) is 0 Å². The van der Waals surface area contributed by atoms with Crippen molar-refractivity contribution in [2.45, 2.75) is 39.4 Å². The number of nitriles is 2. The number of rotatable bonds is 6. The van der Waals surface area contributed by atoms with E-state index < -0.39 is 8.07 Å². The molecule has 0 N–H and O–H groups in total. The molecule has 0 aliphatic rings. The van der Waals surface area contributed by atoms with Gasteiger partial charge < -0.3 is 9.97 Å². The average Bonchev–Trinajstić information content (AvgIpc) is 3.12.